The van der Waals surface area contributed by atoms with Crippen molar-refractivity contribution < 1.29 is 9.84 Å². The third-order valence-corrected chi connectivity index (χ3v) is 3.55. The molecular formula is C12H24N2O2. The average Bonchev–Trinajstić information content (AvgIpc) is 3.00. The van der Waals surface area contributed by atoms with Gasteiger partial charge in [-0.2, -0.15) is 0 Å². The first kappa shape index (κ1) is 12.3. The van der Waals surface area contributed by atoms with Crippen LogP contribution in [0, 0.1) is 0 Å². The first-order chi connectivity index (χ1) is 7.79. The summed E-state index contributed by atoms with van der Waals surface area (Å²) in [6.07, 6.45) is 4.53. The van der Waals surface area contributed by atoms with Crippen LogP contribution in [0.2, 0.25) is 0 Å². The third kappa shape index (κ3) is 3.70. The van der Waals surface area contributed by atoms with Crippen molar-refractivity contribution in [3.8, 4) is 0 Å². The summed E-state index contributed by atoms with van der Waals surface area (Å²) < 4.78 is 4.90. The molecule has 0 bridgehead atoms. The number of rotatable bonds is 7. The van der Waals surface area contributed by atoms with E-state index in [-0.39, 0.29) is 6.10 Å². The van der Waals surface area contributed by atoms with Crippen molar-refractivity contribution in [3.05, 3.63) is 0 Å². The zero-order valence-electron chi connectivity index (χ0n) is 10.2. The molecule has 1 heterocycles. The molecule has 2 unspecified atom stereocenters. The van der Waals surface area contributed by atoms with E-state index in [0.717, 1.165) is 19.0 Å². The van der Waals surface area contributed by atoms with Crippen LogP contribution in [0.3, 0.4) is 0 Å². The molecule has 0 aromatic carbocycles. The monoisotopic (exact) mass is 228 g/mol. The Balaban J connectivity index is 1.53. The first-order valence-electron chi connectivity index (χ1n) is 6.44. The molecule has 1 saturated carbocycles. The van der Waals surface area contributed by atoms with E-state index in [9.17, 15) is 5.11 Å². The van der Waals surface area contributed by atoms with E-state index in [1.54, 1.807) is 7.11 Å². The molecule has 16 heavy (non-hydrogen) atoms. The molecule has 1 aliphatic carbocycles. The smallest absolute Gasteiger partial charge is 0.0785 e. The minimum atomic E-state index is -0.321. The van der Waals surface area contributed by atoms with E-state index >= 15 is 0 Å². The highest BCUT2D eigenvalue weighted by Gasteiger charge is 2.33. The standard InChI is InChI=1S/C12H24N2O2/c1-16-9-12(15)4-6-13-10-5-7-14(8-10)11-2-3-11/h10-13,15H,2-9H2,1H3. The van der Waals surface area contributed by atoms with E-state index in [1.165, 1.54) is 32.4 Å². The fourth-order valence-corrected chi connectivity index (χ4v) is 2.46. The van der Waals surface area contributed by atoms with Gasteiger partial charge in [0.1, 0.15) is 0 Å². The molecule has 1 aliphatic heterocycles. The van der Waals surface area contributed by atoms with Crippen molar-refractivity contribution in [1.82, 2.24) is 10.2 Å². The van der Waals surface area contributed by atoms with Gasteiger partial charge in [-0.25, -0.2) is 0 Å². The maximum absolute atomic E-state index is 9.50. The Labute approximate surface area is 98.0 Å². The Morgan fingerprint density at radius 2 is 2.25 bits per heavy atom. The normalized spacial score (nSPS) is 28.5. The van der Waals surface area contributed by atoms with Gasteiger partial charge in [-0.15, -0.1) is 0 Å². The van der Waals surface area contributed by atoms with Crippen molar-refractivity contribution in [2.45, 2.75) is 43.9 Å². The van der Waals surface area contributed by atoms with Crippen LogP contribution >= 0.6 is 0 Å². The Morgan fingerprint density at radius 3 is 2.94 bits per heavy atom. The Hall–Kier alpha value is -0.160. The second-order valence-electron chi connectivity index (χ2n) is 5.06. The maximum atomic E-state index is 9.50. The van der Waals surface area contributed by atoms with Gasteiger partial charge in [0.25, 0.3) is 0 Å². The topological polar surface area (TPSA) is 44.7 Å². The van der Waals surface area contributed by atoms with E-state index in [0.29, 0.717) is 12.6 Å². The molecule has 2 atom stereocenters. The van der Waals surface area contributed by atoms with E-state index in [4.69, 9.17) is 4.74 Å². The third-order valence-electron chi connectivity index (χ3n) is 3.55. The molecule has 0 amide bonds. The molecule has 94 valence electrons. The second-order valence-corrected chi connectivity index (χ2v) is 5.06. The van der Waals surface area contributed by atoms with Gasteiger partial charge >= 0.3 is 0 Å². The largest absolute Gasteiger partial charge is 0.391 e. The molecule has 4 nitrogen and oxygen atoms in total. The number of nitrogens with one attached hydrogen (secondary N) is 1. The highest BCUT2D eigenvalue weighted by atomic mass is 16.5. The van der Waals surface area contributed by atoms with Crippen LogP contribution in [0.5, 0.6) is 0 Å². The number of hydrogen-bond acceptors (Lipinski definition) is 4. The minimum absolute atomic E-state index is 0.321. The molecule has 4 heteroatoms. The highest BCUT2D eigenvalue weighted by Crippen LogP contribution is 2.29. The van der Waals surface area contributed by atoms with Gasteiger partial charge in [-0.05, 0) is 32.2 Å². The van der Waals surface area contributed by atoms with E-state index in [1.807, 2.05) is 0 Å². The molecule has 2 rings (SSSR count). The molecule has 2 aliphatic rings. The summed E-state index contributed by atoms with van der Waals surface area (Å²) in [6, 6.07) is 1.53. The van der Waals surface area contributed by atoms with E-state index < -0.39 is 0 Å². The number of methoxy groups -OCH3 is 1. The van der Waals surface area contributed by atoms with Crippen molar-refractivity contribution in [1.29, 1.82) is 0 Å². The summed E-state index contributed by atoms with van der Waals surface area (Å²) in [5, 5.41) is 13.0. The lowest BCUT2D eigenvalue weighted by atomic mass is 10.2. The number of hydrogen-bond donors (Lipinski definition) is 2. The zero-order chi connectivity index (χ0) is 11.4. The summed E-state index contributed by atoms with van der Waals surface area (Å²) in [7, 11) is 1.63. The van der Waals surface area contributed by atoms with Gasteiger partial charge in [0.15, 0.2) is 0 Å². The van der Waals surface area contributed by atoms with E-state index in [2.05, 4.69) is 10.2 Å². The first-order valence-corrected chi connectivity index (χ1v) is 6.44. The number of aliphatic hydroxyl groups excluding tert-OH is 1. The van der Waals surface area contributed by atoms with Crippen LogP contribution < -0.4 is 5.32 Å². The SMILES string of the molecule is COCC(O)CCNC1CCN(C2CC2)C1. The predicted octanol–water partition coefficient (Wildman–Crippen LogP) is 0.210. The molecule has 2 fully saturated rings. The predicted molar refractivity (Wildman–Crippen MR) is 63.5 cm³/mol. The van der Waals surface area contributed by atoms with Crippen LogP contribution in [0.1, 0.15) is 25.7 Å². The summed E-state index contributed by atoms with van der Waals surface area (Å²) in [5.74, 6) is 0. The minimum Gasteiger partial charge on any atom is -0.391 e. The number of aliphatic hydroxyl groups is 1. The van der Waals surface area contributed by atoms with Crippen molar-refractivity contribution >= 4 is 0 Å². The summed E-state index contributed by atoms with van der Waals surface area (Å²) in [5.41, 5.74) is 0. The molecular weight excluding hydrogens is 204 g/mol. The number of ether oxygens (including phenoxy) is 1. The Kier molecular flexibility index (Phi) is 4.58. The Bertz CT molecular complexity index is 209. The van der Waals surface area contributed by atoms with Gasteiger partial charge in [-0.3, -0.25) is 4.90 Å². The second kappa shape index (κ2) is 5.96. The fourth-order valence-electron chi connectivity index (χ4n) is 2.46. The molecule has 0 aromatic heterocycles. The van der Waals surface area contributed by atoms with Gasteiger partial charge in [0, 0.05) is 32.3 Å². The van der Waals surface area contributed by atoms with Crippen molar-refractivity contribution in [2.75, 3.05) is 33.4 Å². The number of likely N-dealkylation sites (tertiary alicyclic amines) is 1. The maximum Gasteiger partial charge on any atom is 0.0785 e. The van der Waals surface area contributed by atoms with Gasteiger partial charge in [-0.1, -0.05) is 0 Å². The van der Waals surface area contributed by atoms with Crippen LogP contribution in [0.4, 0.5) is 0 Å². The Morgan fingerprint density at radius 1 is 1.44 bits per heavy atom. The lowest BCUT2D eigenvalue weighted by molar-refractivity contribution is 0.0590. The lowest BCUT2D eigenvalue weighted by Crippen LogP contribution is -2.35. The van der Waals surface area contributed by atoms with Gasteiger partial charge < -0.3 is 15.2 Å². The zero-order valence-corrected chi connectivity index (χ0v) is 10.2. The van der Waals surface area contributed by atoms with Crippen LogP contribution in [0.25, 0.3) is 0 Å². The summed E-state index contributed by atoms with van der Waals surface area (Å²) in [4.78, 5) is 2.60. The van der Waals surface area contributed by atoms with Crippen molar-refractivity contribution in [3.63, 3.8) is 0 Å². The molecule has 0 aromatic rings. The van der Waals surface area contributed by atoms with Crippen LogP contribution in [-0.2, 0) is 4.74 Å². The number of nitrogens with zero attached hydrogens (tertiary/aromatic N) is 1. The summed E-state index contributed by atoms with van der Waals surface area (Å²) in [6.45, 7) is 3.79. The van der Waals surface area contributed by atoms with Crippen LogP contribution in [-0.4, -0.2) is 61.5 Å². The lowest BCUT2D eigenvalue weighted by Gasteiger charge is -2.16. The van der Waals surface area contributed by atoms with Gasteiger partial charge in [0.2, 0.25) is 0 Å². The molecule has 0 radical (unpaired) electrons. The average molecular weight is 228 g/mol. The highest BCUT2D eigenvalue weighted by molar-refractivity contribution is 4.91. The summed E-state index contributed by atoms with van der Waals surface area (Å²) >= 11 is 0. The molecule has 2 N–H and O–H groups in total. The van der Waals surface area contributed by atoms with Crippen molar-refractivity contribution in [2.24, 2.45) is 0 Å². The molecule has 1 saturated heterocycles. The fraction of sp³-hybridized carbons (Fsp3) is 1.00. The van der Waals surface area contributed by atoms with Gasteiger partial charge in [0.05, 0.1) is 12.7 Å². The van der Waals surface area contributed by atoms with Crippen LogP contribution in [0.15, 0.2) is 0 Å². The quantitative estimate of drug-likeness (QED) is 0.654. The molecule has 0 spiro atoms.